The zero-order valence-electron chi connectivity index (χ0n) is 11.4. The molecule has 0 unspecified atom stereocenters. The van der Waals surface area contributed by atoms with Crippen LogP contribution in [0.25, 0.3) is 0 Å². The summed E-state index contributed by atoms with van der Waals surface area (Å²) in [6.07, 6.45) is 4.41. The summed E-state index contributed by atoms with van der Waals surface area (Å²) in [6.45, 7) is 0.839. The lowest BCUT2D eigenvalue weighted by molar-refractivity contribution is -0.131. The van der Waals surface area contributed by atoms with Crippen LogP contribution in [0.5, 0.6) is 0 Å². The highest BCUT2D eigenvalue weighted by molar-refractivity contribution is 5.85. The van der Waals surface area contributed by atoms with Gasteiger partial charge in [0.1, 0.15) is 0 Å². The van der Waals surface area contributed by atoms with Gasteiger partial charge in [-0.1, -0.05) is 43.2 Å². The second kappa shape index (κ2) is 7.51. The molecule has 1 aromatic rings. The summed E-state index contributed by atoms with van der Waals surface area (Å²) in [7, 11) is 1.86. The number of halogens is 1. The van der Waals surface area contributed by atoms with E-state index in [1.165, 1.54) is 12.8 Å². The lowest BCUT2D eigenvalue weighted by atomic mass is 10.1. The predicted octanol–water partition coefficient (Wildman–Crippen LogP) is 2.24. The molecule has 0 radical (unpaired) electrons. The fraction of sp³-hybridized carbons (Fsp3) is 0.533. The van der Waals surface area contributed by atoms with Crippen molar-refractivity contribution >= 4 is 18.3 Å². The molecule has 0 aliphatic heterocycles. The van der Waals surface area contributed by atoms with Gasteiger partial charge in [-0.05, 0) is 24.3 Å². The minimum absolute atomic E-state index is 0. The summed E-state index contributed by atoms with van der Waals surface area (Å²) in [5.41, 5.74) is 7.10. The molecule has 1 aromatic carbocycles. The van der Waals surface area contributed by atoms with Crippen molar-refractivity contribution in [2.75, 3.05) is 13.6 Å². The highest BCUT2D eigenvalue weighted by Crippen LogP contribution is 2.32. The van der Waals surface area contributed by atoms with Crippen LogP contribution < -0.4 is 5.73 Å². The maximum atomic E-state index is 12.1. The molecule has 0 bridgehead atoms. The number of likely N-dealkylation sites (N-methyl/N-ethyl adjacent to an activating group) is 1. The summed E-state index contributed by atoms with van der Waals surface area (Å²) in [4.78, 5) is 13.9. The monoisotopic (exact) mass is 282 g/mol. The number of hydrogen-bond acceptors (Lipinski definition) is 2. The molecule has 1 aliphatic rings. The van der Waals surface area contributed by atoms with Crippen LogP contribution in [0.2, 0.25) is 0 Å². The number of nitrogens with two attached hydrogens (primary N) is 1. The standard InChI is InChI=1S/C15H22N2O.ClH/c1-17(10-9-12-7-8-12)15(18)14(16)11-13-5-3-2-4-6-13;/h2-6,12,14H,7-11,16H2,1H3;1H/t14-;/m0./s1. The van der Waals surface area contributed by atoms with Crippen LogP contribution in [0, 0.1) is 5.92 Å². The van der Waals surface area contributed by atoms with E-state index in [0.717, 1.165) is 24.4 Å². The van der Waals surface area contributed by atoms with Crippen molar-refractivity contribution in [2.45, 2.75) is 31.7 Å². The number of hydrogen-bond donors (Lipinski definition) is 1. The van der Waals surface area contributed by atoms with Gasteiger partial charge in [0.15, 0.2) is 0 Å². The van der Waals surface area contributed by atoms with Gasteiger partial charge in [0, 0.05) is 13.6 Å². The van der Waals surface area contributed by atoms with Crippen LogP contribution >= 0.6 is 12.4 Å². The lowest BCUT2D eigenvalue weighted by Gasteiger charge is -2.21. The first-order valence-corrected chi connectivity index (χ1v) is 6.71. The smallest absolute Gasteiger partial charge is 0.239 e. The molecule has 0 heterocycles. The van der Waals surface area contributed by atoms with Crippen LogP contribution in [0.15, 0.2) is 30.3 Å². The average Bonchev–Trinajstić information content (AvgIpc) is 3.20. The third-order valence-corrected chi connectivity index (χ3v) is 3.56. The normalized spacial score (nSPS) is 15.5. The van der Waals surface area contributed by atoms with Gasteiger partial charge in [-0.2, -0.15) is 0 Å². The Kier molecular flexibility index (Phi) is 6.32. The van der Waals surface area contributed by atoms with Gasteiger partial charge in [0.25, 0.3) is 0 Å². The van der Waals surface area contributed by atoms with Crippen molar-refractivity contribution in [1.82, 2.24) is 4.90 Å². The zero-order chi connectivity index (χ0) is 13.0. The van der Waals surface area contributed by atoms with E-state index >= 15 is 0 Å². The van der Waals surface area contributed by atoms with Crippen molar-refractivity contribution in [2.24, 2.45) is 11.7 Å². The number of carbonyl (C=O) groups excluding carboxylic acids is 1. The van der Waals surface area contributed by atoms with Crippen molar-refractivity contribution in [3.8, 4) is 0 Å². The summed E-state index contributed by atoms with van der Waals surface area (Å²) < 4.78 is 0. The highest BCUT2D eigenvalue weighted by Gasteiger charge is 2.24. The summed E-state index contributed by atoms with van der Waals surface area (Å²) >= 11 is 0. The maximum Gasteiger partial charge on any atom is 0.239 e. The molecule has 4 heteroatoms. The van der Waals surface area contributed by atoms with Crippen LogP contribution in [0.4, 0.5) is 0 Å². The minimum atomic E-state index is -0.420. The van der Waals surface area contributed by atoms with E-state index in [2.05, 4.69) is 0 Å². The molecule has 19 heavy (non-hydrogen) atoms. The number of benzene rings is 1. The van der Waals surface area contributed by atoms with E-state index in [-0.39, 0.29) is 18.3 Å². The molecule has 0 spiro atoms. The average molecular weight is 283 g/mol. The number of amides is 1. The molecule has 1 atom stereocenters. The molecular weight excluding hydrogens is 260 g/mol. The Morgan fingerprint density at radius 2 is 2.00 bits per heavy atom. The van der Waals surface area contributed by atoms with E-state index in [4.69, 9.17) is 5.73 Å². The van der Waals surface area contributed by atoms with Gasteiger partial charge in [-0.3, -0.25) is 4.79 Å². The Morgan fingerprint density at radius 3 is 2.58 bits per heavy atom. The Morgan fingerprint density at radius 1 is 1.37 bits per heavy atom. The quantitative estimate of drug-likeness (QED) is 0.870. The van der Waals surface area contributed by atoms with Gasteiger partial charge in [-0.15, -0.1) is 12.4 Å². The first kappa shape index (κ1) is 16.0. The van der Waals surface area contributed by atoms with Crippen molar-refractivity contribution in [3.63, 3.8) is 0 Å². The summed E-state index contributed by atoms with van der Waals surface area (Å²) in [5.74, 6) is 0.908. The molecule has 3 nitrogen and oxygen atoms in total. The van der Waals surface area contributed by atoms with Gasteiger partial charge in [0.2, 0.25) is 5.91 Å². The van der Waals surface area contributed by atoms with E-state index in [0.29, 0.717) is 6.42 Å². The molecule has 2 rings (SSSR count). The van der Waals surface area contributed by atoms with Crippen LogP contribution in [0.3, 0.4) is 0 Å². The molecule has 1 amide bonds. The Labute approximate surface area is 121 Å². The minimum Gasteiger partial charge on any atom is -0.344 e. The number of nitrogens with zero attached hydrogens (tertiary/aromatic N) is 1. The third-order valence-electron chi connectivity index (χ3n) is 3.56. The molecule has 1 saturated carbocycles. The second-order valence-corrected chi connectivity index (χ2v) is 5.29. The van der Waals surface area contributed by atoms with E-state index in [1.54, 1.807) is 4.90 Å². The van der Waals surface area contributed by atoms with E-state index in [9.17, 15) is 4.79 Å². The largest absolute Gasteiger partial charge is 0.344 e. The first-order chi connectivity index (χ1) is 8.66. The van der Waals surface area contributed by atoms with Crippen molar-refractivity contribution in [1.29, 1.82) is 0 Å². The second-order valence-electron chi connectivity index (χ2n) is 5.29. The zero-order valence-corrected chi connectivity index (χ0v) is 12.2. The SMILES string of the molecule is CN(CCC1CC1)C(=O)[C@@H](N)Cc1ccccc1.Cl. The predicted molar refractivity (Wildman–Crippen MR) is 80.3 cm³/mol. The highest BCUT2D eigenvalue weighted by atomic mass is 35.5. The molecule has 106 valence electrons. The Balaban J connectivity index is 0.00000180. The molecule has 1 aliphatic carbocycles. The first-order valence-electron chi connectivity index (χ1n) is 6.71. The third kappa shape index (κ3) is 5.21. The van der Waals surface area contributed by atoms with Crippen LogP contribution in [-0.4, -0.2) is 30.4 Å². The molecule has 0 aromatic heterocycles. The topological polar surface area (TPSA) is 46.3 Å². The van der Waals surface area contributed by atoms with Gasteiger partial charge in [0.05, 0.1) is 6.04 Å². The maximum absolute atomic E-state index is 12.1. The number of rotatable bonds is 6. The lowest BCUT2D eigenvalue weighted by Crippen LogP contribution is -2.43. The molecule has 0 saturated heterocycles. The molecule has 2 N–H and O–H groups in total. The fourth-order valence-electron chi connectivity index (χ4n) is 2.13. The fourth-order valence-corrected chi connectivity index (χ4v) is 2.13. The molecule has 1 fully saturated rings. The summed E-state index contributed by atoms with van der Waals surface area (Å²) in [6, 6.07) is 9.52. The van der Waals surface area contributed by atoms with E-state index < -0.39 is 6.04 Å². The van der Waals surface area contributed by atoms with Crippen molar-refractivity contribution < 1.29 is 4.79 Å². The van der Waals surface area contributed by atoms with Gasteiger partial charge in [-0.25, -0.2) is 0 Å². The number of carbonyl (C=O) groups is 1. The van der Waals surface area contributed by atoms with Crippen LogP contribution in [0.1, 0.15) is 24.8 Å². The van der Waals surface area contributed by atoms with Gasteiger partial charge < -0.3 is 10.6 Å². The van der Waals surface area contributed by atoms with Crippen molar-refractivity contribution in [3.05, 3.63) is 35.9 Å². The molecular formula is C15H23ClN2O. The Hall–Kier alpha value is -1.06. The summed E-state index contributed by atoms with van der Waals surface area (Å²) in [5, 5.41) is 0. The van der Waals surface area contributed by atoms with Gasteiger partial charge >= 0.3 is 0 Å². The van der Waals surface area contributed by atoms with E-state index in [1.807, 2.05) is 37.4 Å². The Bertz CT molecular complexity index is 392. The van der Waals surface area contributed by atoms with Crippen LogP contribution in [-0.2, 0) is 11.2 Å².